The van der Waals surface area contributed by atoms with Crippen molar-refractivity contribution in [3.63, 3.8) is 0 Å². The number of nitrogens with zero attached hydrogens (tertiary/aromatic N) is 5. The van der Waals surface area contributed by atoms with E-state index >= 15 is 0 Å². The second kappa shape index (κ2) is 13.4. The first-order valence-electron chi connectivity index (χ1n) is 15.5. The molecular formula is C35H44N8O2. The number of rotatable bonds is 8. The minimum Gasteiger partial charge on any atom is -0.484 e. The van der Waals surface area contributed by atoms with Gasteiger partial charge in [0.25, 0.3) is 0 Å². The van der Waals surface area contributed by atoms with E-state index in [0.29, 0.717) is 18.0 Å². The third-order valence-electron chi connectivity index (χ3n) is 7.96. The van der Waals surface area contributed by atoms with Crippen LogP contribution < -0.4 is 26.0 Å². The van der Waals surface area contributed by atoms with Crippen LogP contribution in [-0.2, 0) is 0 Å². The average Bonchev–Trinajstić information content (AvgIpc) is 3.42. The fourth-order valence-corrected chi connectivity index (χ4v) is 5.34. The first kappa shape index (κ1) is 31.6. The minimum atomic E-state index is -0.347. The number of carbonyl (C=O) groups excluding carboxylic acids is 1. The second-order valence-corrected chi connectivity index (χ2v) is 12.7. The molecule has 0 spiro atoms. The lowest BCUT2D eigenvalue weighted by Gasteiger charge is -2.32. The molecule has 2 heterocycles. The van der Waals surface area contributed by atoms with Crippen LogP contribution in [0.1, 0.15) is 75.8 Å². The van der Waals surface area contributed by atoms with Crippen LogP contribution in [0.4, 0.5) is 16.4 Å². The van der Waals surface area contributed by atoms with E-state index in [2.05, 4.69) is 49.8 Å². The van der Waals surface area contributed by atoms with Gasteiger partial charge >= 0.3 is 6.03 Å². The van der Waals surface area contributed by atoms with Crippen molar-refractivity contribution in [1.29, 1.82) is 0 Å². The van der Waals surface area contributed by atoms with E-state index in [4.69, 9.17) is 10.5 Å². The largest absolute Gasteiger partial charge is 0.484 e. The summed E-state index contributed by atoms with van der Waals surface area (Å²) in [5.41, 5.74) is 11.4. The van der Waals surface area contributed by atoms with Crippen molar-refractivity contribution in [2.24, 2.45) is 16.1 Å². The molecule has 236 valence electrons. The van der Waals surface area contributed by atoms with Gasteiger partial charge in [-0.05, 0) is 61.6 Å². The van der Waals surface area contributed by atoms with Crippen molar-refractivity contribution in [2.75, 3.05) is 18.5 Å². The van der Waals surface area contributed by atoms with Crippen molar-refractivity contribution < 1.29 is 9.53 Å². The number of fused-ring (bicyclic) bond motifs is 2. The van der Waals surface area contributed by atoms with Gasteiger partial charge in [-0.2, -0.15) is 0 Å². The predicted octanol–water partition coefficient (Wildman–Crippen LogP) is 6.76. The number of nitrogens with one attached hydrogen (secondary N) is 2. The third-order valence-corrected chi connectivity index (χ3v) is 7.96. The van der Waals surface area contributed by atoms with Crippen LogP contribution in [0.5, 0.6) is 5.75 Å². The molecule has 4 N–H and O–H groups in total. The fourth-order valence-electron chi connectivity index (χ4n) is 5.34. The molecule has 10 heteroatoms. The van der Waals surface area contributed by atoms with Crippen molar-refractivity contribution in [3.05, 3.63) is 95.3 Å². The topological polar surface area (TPSA) is 122 Å². The Bertz CT molecular complexity index is 1700. The molecule has 1 aliphatic rings. The number of anilines is 1. The molecule has 1 aliphatic carbocycles. The molecule has 45 heavy (non-hydrogen) atoms. The molecule has 0 unspecified atom stereocenters. The van der Waals surface area contributed by atoms with Crippen molar-refractivity contribution in [1.82, 2.24) is 25.2 Å². The van der Waals surface area contributed by atoms with E-state index in [-0.39, 0.29) is 23.6 Å². The van der Waals surface area contributed by atoms with E-state index < -0.39 is 0 Å². The van der Waals surface area contributed by atoms with Gasteiger partial charge in [0.15, 0.2) is 5.65 Å². The molecule has 0 radical (unpaired) electrons. The van der Waals surface area contributed by atoms with Gasteiger partial charge in [0.2, 0.25) is 5.95 Å². The maximum absolute atomic E-state index is 13.4. The van der Waals surface area contributed by atoms with Crippen LogP contribution in [0.25, 0.3) is 5.65 Å². The smallest absolute Gasteiger partial charge is 0.320 e. The number of aromatic nitrogens is 3. The molecule has 0 fully saturated rings. The Morgan fingerprint density at radius 2 is 1.82 bits per heavy atom. The Morgan fingerprint density at radius 3 is 2.53 bits per heavy atom. The maximum atomic E-state index is 13.4. The highest BCUT2D eigenvalue weighted by Gasteiger charge is 2.30. The highest BCUT2D eigenvalue weighted by molar-refractivity contribution is 6.05. The van der Waals surface area contributed by atoms with Gasteiger partial charge in [-0.15, -0.1) is 10.2 Å². The Hall–Kier alpha value is -4.86. The lowest BCUT2D eigenvalue weighted by atomic mass is 9.85. The zero-order chi connectivity index (χ0) is 32.1. The molecule has 10 nitrogen and oxygen atoms in total. The van der Waals surface area contributed by atoms with Crippen LogP contribution in [0.3, 0.4) is 0 Å². The lowest BCUT2D eigenvalue weighted by molar-refractivity contribution is 0.171. The number of aliphatic imine (C=N–C) groups is 1. The number of hydrogen-bond donors (Lipinski definition) is 3. The number of amides is 2. The van der Waals surface area contributed by atoms with Gasteiger partial charge in [-0.3, -0.25) is 9.72 Å². The summed E-state index contributed by atoms with van der Waals surface area (Å²) in [5, 5.41) is 14.8. The van der Waals surface area contributed by atoms with Crippen LogP contribution in [0.2, 0.25) is 0 Å². The van der Waals surface area contributed by atoms with E-state index in [9.17, 15) is 4.79 Å². The standard InChI is InChI=1S/C35H44N8O2/c1-7-20-42(6)34-41-40-32-19-16-25(22-43(32)34)45-29-18-17-28(26-10-8-9-11-27(26)29)38-33(44)39-31(21-30(36)35(3,4)5)37-24-14-12-23(2)13-15-24/h8-16,19,21-22,28-29H,7,17-18,20,36H2,1-6H3,(H2,37,38,39,44)/b30-21-/t28-,29+/m0/s1. The molecule has 2 amide bonds. The molecule has 5 rings (SSSR count). The Labute approximate surface area is 265 Å². The molecule has 2 atom stereocenters. The summed E-state index contributed by atoms with van der Waals surface area (Å²) in [6, 6.07) is 19.2. The highest BCUT2D eigenvalue weighted by atomic mass is 16.5. The molecular weight excluding hydrogens is 564 g/mol. The summed E-state index contributed by atoms with van der Waals surface area (Å²) in [5.74, 6) is 1.89. The van der Waals surface area contributed by atoms with Crippen LogP contribution in [-0.4, -0.2) is 40.1 Å². The lowest BCUT2D eigenvalue weighted by Crippen LogP contribution is -2.42. The second-order valence-electron chi connectivity index (χ2n) is 12.7. The average molecular weight is 609 g/mol. The molecule has 4 aromatic rings. The van der Waals surface area contributed by atoms with Gasteiger partial charge in [0.1, 0.15) is 17.7 Å². The predicted molar refractivity (Wildman–Crippen MR) is 180 cm³/mol. The number of ether oxygens (including phenoxy) is 1. The molecule has 0 saturated heterocycles. The summed E-state index contributed by atoms with van der Waals surface area (Å²) < 4.78 is 8.52. The quantitative estimate of drug-likeness (QED) is 0.150. The zero-order valence-corrected chi connectivity index (χ0v) is 27.0. The number of urea groups is 1. The monoisotopic (exact) mass is 608 g/mol. The van der Waals surface area contributed by atoms with E-state index in [1.54, 1.807) is 6.08 Å². The number of amidine groups is 1. The van der Waals surface area contributed by atoms with E-state index in [0.717, 1.165) is 59.1 Å². The fraction of sp³-hybridized carbons (Fsp3) is 0.371. The number of aryl methyl sites for hydroxylation is 1. The van der Waals surface area contributed by atoms with Gasteiger partial charge in [0.05, 0.1) is 17.9 Å². The summed E-state index contributed by atoms with van der Waals surface area (Å²) >= 11 is 0. The summed E-state index contributed by atoms with van der Waals surface area (Å²) in [6.45, 7) is 11.1. The highest BCUT2D eigenvalue weighted by Crippen LogP contribution is 2.39. The Morgan fingerprint density at radius 1 is 1.09 bits per heavy atom. The van der Waals surface area contributed by atoms with Crippen LogP contribution in [0.15, 0.2) is 83.6 Å². The Kier molecular flexibility index (Phi) is 9.41. The molecule has 0 bridgehead atoms. The summed E-state index contributed by atoms with van der Waals surface area (Å²) in [4.78, 5) is 20.2. The third kappa shape index (κ3) is 7.63. The van der Waals surface area contributed by atoms with Crippen molar-refractivity contribution in [2.45, 2.75) is 66.0 Å². The van der Waals surface area contributed by atoms with Crippen LogP contribution >= 0.6 is 0 Å². The summed E-state index contributed by atoms with van der Waals surface area (Å²) in [6.07, 6.45) is 5.96. The van der Waals surface area contributed by atoms with Gasteiger partial charge in [0, 0.05) is 30.8 Å². The first-order valence-corrected chi connectivity index (χ1v) is 15.5. The van der Waals surface area contributed by atoms with Gasteiger partial charge in [-0.25, -0.2) is 9.79 Å². The number of benzene rings is 2. The molecule has 2 aromatic carbocycles. The SMILES string of the molecule is CCCN(C)c1nnc2ccc(O[C@@H]3CC[C@H](NC(=O)NC(/C=C(\N)C(C)(C)C)=Nc4ccc(C)cc4)c4ccccc43)cn12. The Balaban J connectivity index is 1.33. The number of hydrogen-bond acceptors (Lipinski definition) is 7. The maximum Gasteiger partial charge on any atom is 0.320 e. The van der Waals surface area contributed by atoms with Gasteiger partial charge < -0.3 is 20.7 Å². The number of carbonyl (C=O) groups is 1. The minimum absolute atomic E-state index is 0.166. The zero-order valence-electron chi connectivity index (χ0n) is 27.0. The van der Waals surface area contributed by atoms with Crippen LogP contribution in [0, 0.1) is 12.3 Å². The van der Waals surface area contributed by atoms with E-state index in [1.807, 2.05) is 93.9 Å². The van der Waals surface area contributed by atoms with Gasteiger partial charge in [-0.1, -0.05) is 69.7 Å². The number of nitrogens with two attached hydrogens (primary N) is 1. The summed E-state index contributed by atoms with van der Waals surface area (Å²) in [7, 11) is 2.02. The molecule has 0 aliphatic heterocycles. The van der Waals surface area contributed by atoms with E-state index in [1.165, 1.54) is 0 Å². The van der Waals surface area contributed by atoms with Crippen molar-refractivity contribution >= 4 is 29.1 Å². The number of pyridine rings is 1. The molecule has 2 aromatic heterocycles. The normalized spacial score (nSPS) is 17.1. The van der Waals surface area contributed by atoms with Crippen molar-refractivity contribution in [3.8, 4) is 5.75 Å². The number of allylic oxidation sites excluding steroid dienone is 1. The first-order chi connectivity index (χ1) is 21.5. The molecule has 0 saturated carbocycles.